The molecule has 10 heteroatoms. The molecule has 0 atom stereocenters. The highest BCUT2D eigenvalue weighted by Gasteiger charge is 2.31. The Morgan fingerprint density at radius 3 is 1.92 bits per heavy atom. The van der Waals surface area contributed by atoms with E-state index >= 15 is 0 Å². The Morgan fingerprint density at radius 1 is 0.769 bits per heavy atom. The Morgan fingerprint density at radius 2 is 1.36 bits per heavy atom. The van der Waals surface area contributed by atoms with Crippen LogP contribution in [0.1, 0.15) is 25.8 Å². The Labute approximate surface area is 232 Å². The number of methoxy groups -OCH3 is 2. The molecule has 0 amide bonds. The van der Waals surface area contributed by atoms with Crippen molar-refractivity contribution >= 4 is 17.7 Å². The number of anilines is 1. The van der Waals surface area contributed by atoms with Crippen LogP contribution in [0.4, 0.5) is 18.9 Å². The van der Waals surface area contributed by atoms with Gasteiger partial charge in [-0.1, -0.05) is 26.3 Å². The molecule has 0 aromatic heterocycles. The van der Waals surface area contributed by atoms with Crippen molar-refractivity contribution in [1.82, 2.24) is 4.90 Å². The van der Waals surface area contributed by atoms with Gasteiger partial charge in [-0.3, -0.25) is 4.90 Å². The molecule has 1 aliphatic heterocycles. The van der Waals surface area contributed by atoms with Crippen molar-refractivity contribution in [2.75, 3.05) is 45.3 Å². The van der Waals surface area contributed by atoms with Gasteiger partial charge in [0, 0.05) is 43.3 Å². The monoisotopic (exact) mass is 564 g/mol. The van der Waals surface area contributed by atoms with Crippen molar-refractivity contribution in [2.45, 2.75) is 38.1 Å². The predicted octanol–water partition coefficient (Wildman–Crippen LogP) is 7.43. The summed E-state index contributed by atoms with van der Waals surface area (Å²) >= 11 is 1.07. The van der Waals surface area contributed by atoms with Crippen LogP contribution in [-0.4, -0.2) is 51.7 Å². The van der Waals surface area contributed by atoms with Gasteiger partial charge in [0.15, 0.2) is 11.5 Å². The molecule has 212 valence electrons. The number of halogens is 3. The third-order valence-corrected chi connectivity index (χ3v) is 6.46. The molecule has 39 heavy (non-hydrogen) atoms. The number of alkyl halides is 3. The maximum Gasteiger partial charge on any atom is 0.573 e. The molecule has 0 radical (unpaired) electrons. The van der Waals surface area contributed by atoms with Crippen LogP contribution in [0.3, 0.4) is 0 Å². The van der Waals surface area contributed by atoms with Crippen LogP contribution in [0, 0.1) is 0 Å². The van der Waals surface area contributed by atoms with Gasteiger partial charge in [-0.15, -0.1) is 13.2 Å². The van der Waals surface area contributed by atoms with Crippen LogP contribution >= 0.6 is 12.0 Å². The van der Waals surface area contributed by atoms with Crippen LogP contribution < -0.4 is 23.3 Å². The molecule has 6 nitrogen and oxygen atoms in total. The lowest BCUT2D eigenvalue weighted by molar-refractivity contribution is -0.274. The zero-order valence-electron chi connectivity index (χ0n) is 22.7. The van der Waals surface area contributed by atoms with Crippen molar-refractivity contribution in [2.24, 2.45) is 0 Å². The van der Waals surface area contributed by atoms with E-state index in [4.69, 9.17) is 13.7 Å². The summed E-state index contributed by atoms with van der Waals surface area (Å²) in [6.45, 7) is 8.80. The van der Waals surface area contributed by atoms with E-state index in [-0.39, 0.29) is 5.75 Å². The molecule has 0 bridgehead atoms. The highest BCUT2D eigenvalue weighted by Crippen LogP contribution is 2.30. The third-order valence-electron chi connectivity index (χ3n) is 5.72. The lowest BCUT2D eigenvalue weighted by atomic mass is 10.1. The third kappa shape index (κ3) is 9.78. The second-order valence-corrected chi connectivity index (χ2v) is 9.64. The molecule has 0 aliphatic carbocycles. The Hall–Kier alpha value is -3.24. The highest BCUT2D eigenvalue weighted by molar-refractivity contribution is 7.95. The first kappa shape index (κ1) is 30.3. The number of rotatable bonds is 9. The Kier molecular flexibility index (Phi) is 11.5. The molecule has 1 heterocycles. The molecule has 1 aliphatic rings. The fraction of sp³-hybridized carbons (Fsp3) is 0.379. The van der Waals surface area contributed by atoms with E-state index in [1.165, 1.54) is 36.2 Å². The number of hydrogen-bond acceptors (Lipinski definition) is 7. The van der Waals surface area contributed by atoms with Crippen molar-refractivity contribution < 1.29 is 31.6 Å². The normalized spacial score (nSPS) is 13.8. The maximum absolute atomic E-state index is 12.3. The summed E-state index contributed by atoms with van der Waals surface area (Å²) in [6.07, 6.45) is -3.45. The van der Waals surface area contributed by atoms with Gasteiger partial charge in [0.05, 0.1) is 26.3 Å². The SMILES string of the molecule is CCC.COc1ccc(CN2CCN(c3ccc(OSc4ccc(OC(F)(F)F)cc4)cc3)CC2)cc1OC. The molecule has 3 aromatic rings. The van der Waals surface area contributed by atoms with Gasteiger partial charge < -0.3 is 23.3 Å². The van der Waals surface area contributed by atoms with Crippen LogP contribution in [0.25, 0.3) is 0 Å². The zero-order valence-corrected chi connectivity index (χ0v) is 23.5. The molecule has 3 aromatic carbocycles. The second kappa shape index (κ2) is 14.8. The summed E-state index contributed by atoms with van der Waals surface area (Å²) in [7, 11) is 3.27. The van der Waals surface area contributed by atoms with Crippen LogP contribution in [-0.2, 0) is 6.54 Å². The van der Waals surface area contributed by atoms with Crippen LogP contribution in [0.5, 0.6) is 23.0 Å². The van der Waals surface area contributed by atoms with E-state index in [1.54, 1.807) is 14.2 Å². The molecule has 0 spiro atoms. The average molecular weight is 565 g/mol. The van der Waals surface area contributed by atoms with Gasteiger partial charge >= 0.3 is 6.36 Å². The number of nitrogens with zero attached hydrogens (tertiary/aromatic N) is 2. The van der Waals surface area contributed by atoms with Crippen molar-refractivity contribution in [3.63, 3.8) is 0 Å². The highest BCUT2D eigenvalue weighted by atomic mass is 32.2. The van der Waals surface area contributed by atoms with E-state index in [0.717, 1.165) is 62.0 Å². The Bertz CT molecular complexity index is 1140. The Balaban J connectivity index is 0.00000134. The largest absolute Gasteiger partial charge is 0.573 e. The fourth-order valence-electron chi connectivity index (χ4n) is 3.91. The van der Waals surface area contributed by atoms with Gasteiger partial charge in [-0.2, -0.15) is 0 Å². The minimum absolute atomic E-state index is 0.264. The standard InChI is InChI=1S/C26H27F3N2O4S.C3H8/c1-32-24-12-3-19(17-25(24)33-2)18-30-13-15-31(16-14-30)20-4-6-22(7-5-20)35-36-23-10-8-21(9-11-23)34-26(27,28)29;1-3-2/h3-12,17H,13-16,18H2,1-2H3;3H2,1-2H3. The van der Waals surface area contributed by atoms with Gasteiger partial charge in [0.25, 0.3) is 0 Å². The van der Waals surface area contributed by atoms with E-state index in [2.05, 4.69) is 34.5 Å². The molecule has 0 N–H and O–H groups in total. The summed E-state index contributed by atoms with van der Waals surface area (Å²) < 4.78 is 57.1. The quantitative estimate of drug-likeness (QED) is 0.251. The summed E-state index contributed by atoms with van der Waals surface area (Å²) in [6, 6.07) is 19.4. The summed E-state index contributed by atoms with van der Waals surface area (Å²) in [5.41, 5.74) is 2.30. The molecule has 1 fully saturated rings. The summed E-state index contributed by atoms with van der Waals surface area (Å²) in [5.74, 6) is 1.86. The first-order valence-electron chi connectivity index (χ1n) is 12.7. The first-order chi connectivity index (χ1) is 18.7. The fourth-order valence-corrected chi connectivity index (χ4v) is 4.46. The second-order valence-electron chi connectivity index (χ2n) is 8.84. The lowest BCUT2D eigenvalue weighted by Crippen LogP contribution is -2.45. The number of piperazine rings is 1. The van der Waals surface area contributed by atoms with Crippen molar-refractivity contribution in [1.29, 1.82) is 0 Å². The van der Waals surface area contributed by atoms with Gasteiger partial charge in [0.2, 0.25) is 0 Å². The van der Waals surface area contributed by atoms with E-state index in [1.807, 2.05) is 36.4 Å². The molecular formula is C29H35F3N2O4S. The zero-order chi connectivity index (χ0) is 28.3. The molecule has 0 unspecified atom stereocenters. The number of benzene rings is 3. The summed E-state index contributed by atoms with van der Waals surface area (Å²) in [4.78, 5) is 5.41. The number of hydrogen-bond donors (Lipinski definition) is 0. The minimum atomic E-state index is -4.70. The minimum Gasteiger partial charge on any atom is -0.493 e. The van der Waals surface area contributed by atoms with Gasteiger partial charge in [-0.25, -0.2) is 0 Å². The molecular weight excluding hydrogens is 529 g/mol. The van der Waals surface area contributed by atoms with E-state index in [0.29, 0.717) is 10.6 Å². The topological polar surface area (TPSA) is 43.4 Å². The molecule has 0 saturated carbocycles. The summed E-state index contributed by atoms with van der Waals surface area (Å²) in [5, 5.41) is 0. The van der Waals surface area contributed by atoms with Crippen molar-refractivity contribution in [3.8, 4) is 23.0 Å². The molecule has 1 saturated heterocycles. The van der Waals surface area contributed by atoms with Crippen LogP contribution in [0.2, 0.25) is 0 Å². The lowest BCUT2D eigenvalue weighted by Gasteiger charge is -2.36. The van der Waals surface area contributed by atoms with Gasteiger partial charge in [-0.05, 0) is 66.2 Å². The average Bonchev–Trinajstić information content (AvgIpc) is 2.93. The van der Waals surface area contributed by atoms with Gasteiger partial charge in [0.1, 0.15) is 11.5 Å². The molecule has 4 rings (SSSR count). The van der Waals surface area contributed by atoms with E-state index < -0.39 is 6.36 Å². The first-order valence-corrected chi connectivity index (χ1v) is 13.5. The van der Waals surface area contributed by atoms with Crippen molar-refractivity contribution in [3.05, 3.63) is 72.3 Å². The maximum atomic E-state index is 12.3. The number of ether oxygens (including phenoxy) is 3. The van der Waals surface area contributed by atoms with Crippen LogP contribution in [0.15, 0.2) is 71.6 Å². The predicted molar refractivity (Wildman–Crippen MR) is 149 cm³/mol. The smallest absolute Gasteiger partial charge is 0.493 e. The van der Waals surface area contributed by atoms with E-state index in [9.17, 15) is 13.2 Å².